The third-order valence-corrected chi connectivity index (χ3v) is 3.37. The van der Waals surface area contributed by atoms with Crippen molar-refractivity contribution in [1.29, 1.82) is 0 Å². The molecule has 0 bridgehead atoms. The average Bonchev–Trinajstić information content (AvgIpc) is 2.77. The molecule has 0 aromatic heterocycles. The molecule has 1 atom stereocenters. The van der Waals surface area contributed by atoms with E-state index in [0.717, 1.165) is 18.3 Å². The van der Waals surface area contributed by atoms with E-state index >= 15 is 0 Å². The summed E-state index contributed by atoms with van der Waals surface area (Å²) >= 11 is 5.84. The van der Waals surface area contributed by atoms with Gasteiger partial charge in [-0.15, -0.1) is 0 Å². The molecule has 1 unspecified atom stereocenters. The van der Waals surface area contributed by atoms with E-state index in [1.807, 2.05) is 48.5 Å². The summed E-state index contributed by atoms with van der Waals surface area (Å²) in [5, 5.41) is 4.77. The summed E-state index contributed by atoms with van der Waals surface area (Å²) < 4.78 is 5.71. The number of allylic oxidation sites excluding steroid dienone is 1. The van der Waals surface area contributed by atoms with Gasteiger partial charge >= 0.3 is 0 Å². The average molecular weight is 291 g/mol. The second kappa shape index (κ2) is 5.64. The van der Waals surface area contributed by atoms with Crippen molar-refractivity contribution < 1.29 is 4.74 Å². The minimum atomic E-state index is 0.0683. The fraction of sp³-hybridized carbons (Fsp3) is 0.286. The van der Waals surface area contributed by atoms with E-state index in [0.29, 0.717) is 11.6 Å². The first-order valence-electron chi connectivity index (χ1n) is 6.47. The monoisotopic (exact) mass is 290 g/mol. The maximum atomic E-state index is 5.84. The Kier molecular flexibility index (Phi) is 3.71. The van der Waals surface area contributed by atoms with Crippen molar-refractivity contribution in [1.82, 2.24) is 10.0 Å². The van der Waals surface area contributed by atoms with Crippen LogP contribution in [0.3, 0.4) is 0 Å². The number of benzene rings is 1. The lowest BCUT2D eigenvalue weighted by Gasteiger charge is -2.29. The summed E-state index contributed by atoms with van der Waals surface area (Å²) in [6, 6.07) is 7.36. The van der Waals surface area contributed by atoms with Crippen LogP contribution in [0, 0.1) is 0 Å². The molecule has 2 heterocycles. The topological polar surface area (TPSA) is 40.4 Å². The summed E-state index contributed by atoms with van der Waals surface area (Å²) in [5.41, 5.74) is 0. The maximum absolute atomic E-state index is 5.84. The van der Waals surface area contributed by atoms with Crippen molar-refractivity contribution in [3.8, 4) is 5.75 Å². The highest BCUT2D eigenvalue weighted by Crippen LogP contribution is 2.19. The molecule has 1 aromatic rings. The molecular formula is C14H15ClN4O. The maximum Gasteiger partial charge on any atom is 0.241 e. The van der Waals surface area contributed by atoms with Gasteiger partial charge in [-0.2, -0.15) is 5.01 Å². The van der Waals surface area contributed by atoms with E-state index in [1.54, 1.807) is 6.21 Å². The Morgan fingerprint density at radius 3 is 2.90 bits per heavy atom. The molecule has 6 heteroatoms. The molecule has 0 radical (unpaired) electrons. The smallest absolute Gasteiger partial charge is 0.241 e. The molecule has 0 spiro atoms. The molecule has 2 aliphatic heterocycles. The van der Waals surface area contributed by atoms with E-state index in [2.05, 4.69) is 15.0 Å². The van der Waals surface area contributed by atoms with Crippen LogP contribution in [0.15, 0.2) is 46.5 Å². The molecule has 0 amide bonds. The molecule has 3 rings (SSSR count). The van der Waals surface area contributed by atoms with Crippen molar-refractivity contribution in [2.75, 3.05) is 13.2 Å². The van der Waals surface area contributed by atoms with Gasteiger partial charge in [-0.3, -0.25) is 0 Å². The fourth-order valence-electron chi connectivity index (χ4n) is 2.14. The fourth-order valence-corrected chi connectivity index (χ4v) is 2.27. The normalized spacial score (nSPS) is 21.0. The minimum Gasteiger partial charge on any atom is -0.492 e. The third kappa shape index (κ3) is 2.69. The number of nitrogens with zero attached hydrogens (tertiary/aromatic N) is 4. The summed E-state index contributed by atoms with van der Waals surface area (Å²) in [5.74, 6) is 1.54. The lowest BCUT2D eigenvalue weighted by molar-refractivity contribution is 0.0559. The Balaban J connectivity index is 1.55. The molecule has 20 heavy (non-hydrogen) atoms. The summed E-state index contributed by atoms with van der Waals surface area (Å²) in [7, 11) is 0. The van der Waals surface area contributed by atoms with E-state index in [4.69, 9.17) is 16.3 Å². The van der Waals surface area contributed by atoms with Gasteiger partial charge in [0.05, 0.1) is 6.54 Å². The van der Waals surface area contributed by atoms with E-state index in [1.165, 1.54) is 0 Å². The van der Waals surface area contributed by atoms with Gasteiger partial charge in [0.2, 0.25) is 5.96 Å². The number of rotatable bonds is 4. The first kappa shape index (κ1) is 13.1. The largest absolute Gasteiger partial charge is 0.492 e. The summed E-state index contributed by atoms with van der Waals surface area (Å²) in [6.45, 7) is 3.34. The molecule has 2 aliphatic rings. The van der Waals surface area contributed by atoms with Gasteiger partial charge < -0.3 is 4.74 Å². The van der Waals surface area contributed by atoms with Gasteiger partial charge in [0.1, 0.15) is 18.5 Å². The quantitative estimate of drug-likeness (QED) is 0.856. The van der Waals surface area contributed by atoms with Crippen LogP contribution in [-0.2, 0) is 0 Å². The van der Waals surface area contributed by atoms with E-state index in [-0.39, 0.29) is 6.17 Å². The van der Waals surface area contributed by atoms with E-state index in [9.17, 15) is 0 Å². The van der Waals surface area contributed by atoms with Crippen molar-refractivity contribution in [3.05, 3.63) is 41.6 Å². The first-order valence-corrected chi connectivity index (χ1v) is 6.84. The Morgan fingerprint density at radius 1 is 1.30 bits per heavy atom. The van der Waals surface area contributed by atoms with Crippen molar-refractivity contribution in [3.63, 3.8) is 0 Å². The number of ether oxygens (including phenoxy) is 1. The second-order valence-electron chi connectivity index (χ2n) is 4.49. The van der Waals surface area contributed by atoms with Gasteiger partial charge in [0.25, 0.3) is 0 Å². The number of halogens is 1. The third-order valence-electron chi connectivity index (χ3n) is 3.12. The number of guanidine groups is 1. The van der Waals surface area contributed by atoms with Crippen molar-refractivity contribution >= 4 is 23.8 Å². The van der Waals surface area contributed by atoms with Crippen molar-refractivity contribution in [2.45, 2.75) is 13.1 Å². The zero-order valence-electron chi connectivity index (χ0n) is 11.1. The van der Waals surface area contributed by atoms with Gasteiger partial charge in [-0.1, -0.05) is 11.6 Å². The molecular weight excluding hydrogens is 276 g/mol. The van der Waals surface area contributed by atoms with Crippen LogP contribution in [0.5, 0.6) is 5.75 Å². The first-order chi connectivity index (χ1) is 9.74. The van der Waals surface area contributed by atoms with E-state index < -0.39 is 0 Å². The Morgan fingerprint density at radius 2 is 2.10 bits per heavy atom. The highest BCUT2D eigenvalue weighted by molar-refractivity contribution is 6.30. The van der Waals surface area contributed by atoms with Crippen LogP contribution in [0.4, 0.5) is 0 Å². The second-order valence-corrected chi connectivity index (χ2v) is 4.93. The zero-order chi connectivity index (χ0) is 13.9. The summed E-state index contributed by atoms with van der Waals surface area (Å²) in [4.78, 5) is 8.71. The van der Waals surface area contributed by atoms with Crippen LogP contribution in [0.2, 0.25) is 5.02 Å². The molecule has 104 valence electrons. The summed E-state index contributed by atoms with van der Waals surface area (Å²) in [6.07, 6.45) is 5.66. The highest BCUT2D eigenvalue weighted by Gasteiger charge is 2.30. The van der Waals surface area contributed by atoms with Gasteiger partial charge in [0.15, 0.2) is 0 Å². The number of aliphatic imine (C=N–C) groups is 2. The van der Waals surface area contributed by atoms with Crippen LogP contribution >= 0.6 is 11.6 Å². The molecule has 0 saturated heterocycles. The van der Waals surface area contributed by atoms with Gasteiger partial charge in [-0.25, -0.2) is 15.0 Å². The van der Waals surface area contributed by atoms with Crippen LogP contribution in [-0.4, -0.2) is 41.5 Å². The number of hydrogen-bond acceptors (Lipinski definition) is 5. The highest BCUT2D eigenvalue weighted by atomic mass is 35.5. The van der Waals surface area contributed by atoms with Crippen LogP contribution in [0.25, 0.3) is 0 Å². The number of hydrazine groups is 1. The van der Waals surface area contributed by atoms with Crippen LogP contribution < -0.4 is 4.74 Å². The molecule has 0 N–H and O–H groups in total. The number of hydrogen-bond donors (Lipinski definition) is 0. The zero-order valence-corrected chi connectivity index (χ0v) is 11.9. The SMILES string of the molecule is CC1N=C2N=CC=CN2N1CCOc1ccc(Cl)cc1. The number of fused-ring (bicyclic) bond motifs is 1. The minimum absolute atomic E-state index is 0.0683. The van der Waals surface area contributed by atoms with Crippen molar-refractivity contribution in [2.24, 2.45) is 9.98 Å². The van der Waals surface area contributed by atoms with Gasteiger partial charge in [0, 0.05) is 17.4 Å². The Hall–Kier alpha value is -1.85. The lowest BCUT2D eigenvalue weighted by atomic mass is 10.3. The molecule has 0 saturated carbocycles. The molecule has 5 nitrogen and oxygen atoms in total. The molecule has 1 aromatic carbocycles. The molecule has 0 aliphatic carbocycles. The lowest BCUT2D eigenvalue weighted by Crippen LogP contribution is -2.43. The standard InChI is InChI=1S/C14H15ClN4O/c1-11-17-14-16-7-2-8-19(14)18(11)9-10-20-13-5-3-12(15)4-6-13/h2-8,11H,9-10H2,1H3. The predicted octanol–water partition coefficient (Wildman–Crippen LogP) is 2.55. The Labute approximate surface area is 122 Å². The Bertz CT molecular complexity index is 567. The molecule has 0 fully saturated rings. The van der Waals surface area contributed by atoms with Gasteiger partial charge in [-0.05, 0) is 37.3 Å². The predicted molar refractivity (Wildman–Crippen MR) is 80.0 cm³/mol. The van der Waals surface area contributed by atoms with Crippen LogP contribution in [0.1, 0.15) is 6.92 Å².